The molecule has 1 unspecified atom stereocenters. The summed E-state index contributed by atoms with van der Waals surface area (Å²) in [6.45, 7) is 4.90. The van der Waals surface area contributed by atoms with Crippen LogP contribution in [-0.4, -0.2) is 42.9 Å². The third-order valence-corrected chi connectivity index (χ3v) is 5.99. The number of carbonyl (C=O) groups is 2. The number of halogens is 1. The highest BCUT2D eigenvalue weighted by Gasteiger charge is 2.19. The maximum absolute atomic E-state index is 12.9. The van der Waals surface area contributed by atoms with Gasteiger partial charge in [0, 0.05) is 37.0 Å². The fourth-order valence-electron chi connectivity index (χ4n) is 3.47. The minimum Gasteiger partial charge on any atom is -0.356 e. The second-order valence-electron chi connectivity index (χ2n) is 7.23. The molecular weight excluding hydrogens is 406 g/mol. The molecule has 3 rings (SSSR count). The largest absolute Gasteiger partial charge is 0.356 e. The van der Waals surface area contributed by atoms with Gasteiger partial charge in [0.25, 0.3) is 5.91 Å². The SMILES string of the molecule is Cc1ccc(C(=O)N2CCCCNC(=O)CC(c3ccccc3)NCCC2)s1.Cl. The van der Waals surface area contributed by atoms with Crippen molar-refractivity contribution in [2.75, 3.05) is 26.2 Å². The Kier molecular flexibility index (Phi) is 9.64. The lowest BCUT2D eigenvalue weighted by molar-refractivity contribution is -0.121. The average Bonchev–Trinajstić information content (AvgIpc) is 3.14. The first-order valence-corrected chi connectivity index (χ1v) is 10.9. The minimum absolute atomic E-state index is 0. The van der Waals surface area contributed by atoms with Crippen LogP contribution < -0.4 is 10.6 Å². The van der Waals surface area contributed by atoms with Crippen molar-refractivity contribution in [2.45, 2.75) is 38.6 Å². The van der Waals surface area contributed by atoms with Gasteiger partial charge in [-0.25, -0.2) is 0 Å². The summed E-state index contributed by atoms with van der Waals surface area (Å²) < 4.78 is 0. The molecular formula is C22H30ClN3O2S. The van der Waals surface area contributed by atoms with Crippen LogP contribution in [0.3, 0.4) is 0 Å². The first-order valence-electron chi connectivity index (χ1n) is 10.0. The normalized spacial score (nSPS) is 19.1. The van der Waals surface area contributed by atoms with Crippen LogP contribution in [0.2, 0.25) is 0 Å². The van der Waals surface area contributed by atoms with Crippen LogP contribution in [0, 0.1) is 6.92 Å². The molecule has 0 spiro atoms. The van der Waals surface area contributed by atoms with Gasteiger partial charge in [0.05, 0.1) is 4.88 Å². The predicted octanol–water partition coefficient (Wildman–Crippen LogP) is 3.94. The summed E-state index contributed by atoms with van der Waals surface area (Å²) in [6, 6.07) is 14.0. The Balaban J connectivity index is 0.00000300. The number of thiophene rings is 1. The van der Waals surface area contributed by atoms with Crippen LogP contribution in [0.5, 0.6) is 0 Å². The number of rotatable bonds is 2. The van der Waals surface area contributed by atoms with Crippen LogP contribution in [0.25, 0.3) is 0 Å². The van der Waals surface area contributed by atoms with E-state index in [-0.39, 0.29) is 30.3 Å². The molecule has 7 heteroatoms. The molecule has 1 fully saturated rings. The van der Waals surface area contributed by atoms with E-state index in [0.29, 0.717) is 13.0 Å². The number of carbonyl (C=O) groups excluding carboxylic acids is 2. The van der Waals surface area contributed by atoms with Crippen molar-refractivity contribution in [1.29, 1.82) is 0 Å². The number of benzene rings is 1. The van der Waals surface area contributed by atoms with E-state index in [2.05, 4.69) is 22.8 Å². The molecule has 0 saturated carbocycles. The number of amides is 2. The highest BCUT2D eigenvalue weighted by molar-refractivity contribution is 7.13. The third kappa shape index (κ3) is 7.14. The monoisotopic (exact) mass is 435 g/mol. The van der Waals surface area contributed by atoms with Gasteiger partial charge in [0.2, 0.25) is 5.91 Å². The summed E-state index contributed by atoms with van der Waals surface area (Å²) in [7, 11) is 0. The second kappa shape index (κ2) is 12.0. The molecule has 1 saturated heterocycles. The molecule has 1 aromatic heterocycles. The van der Waals surface area contributed by atoms with Crippen LogP contribution in [0.4, 0.5) is 0 Å². The Bertz CT molecular complexity index is 781. The van der Waals surface area contributed by atoms with E-state index in [1.54, 1.807) is 11.3 Å². The minimum atomic E-state index is -0.00829. The van der Waals surface area contributed by atoms with Gasteiger partial charge >= 0.3 is 0 Å². The highest BCUT2D eigenvalue weighted by Crippen LogP contribution is 2.19. The molecule has 2 amide bonds. The zero-order chi connectivity index (χ0) is 19.8. The van der Waals surface area contributed by atoms with E-state index in [9.17, 15) is 9.59 Å². The topological polar surface area (TPSA) is 61.4 Å². The zero-order valence-electron chi connectivity index (χ0n) is 16.9. The second-order valence-corrected chi connectivity index (χ2v) is 8.52. The maximum Gasteiger partial charge on any atom is 0.263 e. The van der Waals surface area contributed by atoms with Gasteiger partial charge in [-0.1, -0.05) is 30.3 Å². The van der Waals surface area contributed by atoms with E-state index in [0.717, 1.165) is 54.2 Å². The van der Waals surface area contributed by atoms with E-state index in [1.165, 1.54) is 0 Å². The molecule has 1 atom stereocenters. The first-order chi connectivity index (χ1) is 13.6. The maximum atomic E-state index is 12.9. The zero-order valence-corrected chi connectivity index (χ0v) is 18.5. The lowest BCUT2D eigenvalue weighted by Crippen LogP contribution is -2.34. The summed E-state index contributed by atoms with van der Waals surface area (Å²) in [5.41, 5.74) is 1.12. The molecule has 1 aliphatic rings. The van der Waals surface area contributed by atoms with Crippen LogP contribution >= 0.6 is 23.7 Å². The molecule has 0 radical (unpaired) electrons. The number of nitrogens with zero attached hydrogens (tertiary/aromatic N) is 1. The molecule has 5 nitrogen and oxygen atoms in total. The number of hydrogen-bond donors (Lipinski definition) is 2. The van der Waals surface area contributed by atoms with E-state index < -0.39 is 0 Å². The molecule has 158 valence electrons. The Morgan fingerprint density at radius 2 is 1.79 bits per heavy atom. The molecule has 29 heavy (non-hydrogen) atoms. The average molecular weight is 436 g/mol. The Morgan fingerprint density at radius 1 is 1.03 bits per heavy atom. The van der Waals surface area contributed by atoms with Gasteiger partial charge in [-0.05, 0) is 50.4 Å². The third-order valence-electron chi connectivity index (χ3n) is 5.00. The van der Waals surface area contributed by atoms with Crippen molar-refractivity contribution in [3.63, 3.8) is 0 Å². The molecule has 1 aromatic carbocycles. The standard InChI is InChI=1S/C22H29N3O2S.ClH/c1-17-10-11-20(28-17)22(27)25-14-6-5-12-24-21(26)16-19(23-13-7-15-25)18-8-3-2-4-9-18;/h2-4,8-11,19,23H,5-7,12-16H2,1H3,(H,24,26);1H. The molecule has 0 aliphatic carbocycles. The van der Waals surface area contributed by atoms with Gasteiger partial charge in [-0.3, -0.25) is 9.59 Å². The van der Waals surface area contributed by atoms with Crippen molar-refractivity contribution >= 4 is 35.6 Å². The van der Waals surface area contributed by atoms with Crippen LogP contribution in [0.15, 0.2) is 42.5 Å². The van der Waals surface area contributed by atoms with Gasteiger partial charge in [-0.15, -0.1) is 23.7 Å². The van der Waals surface area contributed by atoms with Crippen molar-refractivity contribution in [3.8, 4) is 0 Å². The summed E-state index contributed by atoms with van der Waals surface area (Å²) in [5, 5.41) is 6.53. The number of aryl methyl sites for hydroxylation is 1. The van der Waals surface area contributed by atoms with Gasteiger partial charge in [-0.2, -0.15) is 0 Å². The van der Waals surface area contributed by atoms with Crippen LogP contribution in [-0.2, 0) is 4.79 Å². The van der Waals surface area contributed by atoms with E-state index in [4.69, 9.17) is 0 Å². The Labute approximate surface area is 183 Å². The number of nitrogens with one attached hydrogen (secondary N) is 2. The predicted molar refractivity (Wildman–Crippen MR) is 121 cm³/mol. The van der Waals surface area contributed by atoms with Gasteiger partial charge in [0.15, 0.2) is 0 Å². The van der Waals surface area contributed by atoms with Crippen LogP contribution in [0.1, 0.15) is 51.8 Å². The smallest absolute Gasteiger partial charge is 0.263 e. The lowest BCUT2D eigenvalue weighted by Gasteiger charge is -2.23. The molecule has 2 heterocycles. The van der Waals surface area contributed by atoms with Crippen molar-refractivity contribution in [2.24, 2.45) is 0 Å². The highest BCUT2D eigenvalue weighted by atomic mass is 35.5. The summed E-state index contributed by atoms with van der Waals surface area (Å²) >= 11 is 1.56. The first kappa shape index (κ1) is 23.4. The lowest BCUT2D eigenvalue weighted by atomic mass is 10.0. The van der Waals surface area contributed by atoms with E-state index in [1.807, 2.05) is 42.2 Å². The van der Waals surface area contributed by atoms with E-state index >= 15 is 0 Å². The Hall–Kier alpha value is -1.89. The fourth-order valence-corrected chi connectivity index (χ4v) is 4.31. The Morgan fingerprint density at radius 3 is 2.52 bits per heavy atom. The quantitative estimate of drug-likeness (QED) is 0.750. The van der Waals surface area contributed by atoms with Crippen molar-refractivity contribution < 1.29 is 9.59 Å². The van der Waals surface area contributed by atoms with Crippen molar-refractivity contribution in [3.05, 3.63) is 57.8 Å². The molecule has 1 aliphatic heterocycles. The molecule has 0 bridgehead atoms. The molecule has 2 aromatic rings. The summed E-state index contributed by atoms with van der Waals surface area (Å²) in [6.07, 6.45) is 3.07. The van der Waals surface area contributed by atoms with Gasteiger partial charge < -0.3 is 15.5 Å². The number of hydrogen-bond acceptors (Lipinski definition) is 4. The summed E-state index contributed by atoms with van der Waals surface area (Å²) in [4.78, 5) is 29.1. The van der Waals surface area contributed by atoms with Crippen molar-refractivity contribution in [1.82, 2.24) is 15.5 Å². The molecule has 2 N–H and O–H groups in total. The fraction of sp³-hybridized carbons (Fsp3) is 0.455. The summed E-state index contributed by atoms with van der Waals surface area (Å²) in [5.74, 6) is 0.194. The van der Waals surface area contributed by atoms with Gasteiger partial charge in [0.1, 0.15) is 0 Å².